The molecular formula is C16H15NO4. The Morgan fingerprint density at radius 2 is 1.71 bits per heavy atom. The summed E-state index contributed by atoms with van der Waals surface area (Å²) in [6, 6.07) is 13.4. The summed E-state index contributed by atoms with van der Waals surface area (Å²) in [6.45, 7) is 0. The molecule has 0 spiro atoms. The molecule has 5 nitrogen and oxygen atoms in total. The molecule has 0 amide bonds. The lowest BCUT2D eigenvalue weighted by molar-refractivity contribution is 0.0593. The second-order valence-corrected chi connectivity index (χ2v) is 4.21. The van der Waals surface area contributed by atoms with Gasteiger partial charge in [-0.15, -0.1) is 0 Å². The van der Waals surface area contributed by atoms with Gasteiger partial charge in [0.1, 0.15) is 11.3 Å². The maximum atomic E-state index is 12.1. The topological polar surface area (TPSA) is 64.6 Å². The molecular weight excluding hydrogens is 270 g/mol. The van der Waals surface area contributed by atoms with Crippen LogP contribution in [0.4, 0.5) is 5.69 Å². The quantitative estimate of drug-likeness (QED) is 0.691. The molecule has 2 aromatic carbocycles. The molecule has 21 heavy (non-hydrogen) atoms. The van der Waals surface area contributed by atoms with Crippen LogP contribution < -0.4 is 10.1 Å². The number of carbonyl (C=O) groups excluding carboxylic acids is 2. The molecule has 0 saturated carbocycles. The van der Waals surface area contributed by atoms with Crippen molar-refractivity contribution in [3.8, 4) is 5.75 Å². The van der Waals surface area contributed by atoms with Crippen molar-refractivity contribution in [2.75, 3.05) is 19.5 Å². The highest BCUT2D eigenvalue weighted by molar-refractivity contribution is 5.96. The summed E-state index contributed by atoms with van der Waals surface area (Å²) in [7, 11) is 3.01. The first-order chi connectivity index (χ1) is 10.2. The molecule has 0 heterocycles. The normalized spacial score (nSPS) is 9.81. The summed E-state index contributed by atoms with van der Waals surface area (Å²) in [6.07, 6.45) is 0. The molecule has 0 bridgehead atoms. The van der Waals surface area contributed by atoms with Crippen LogP contribution in [0, 0.1) is 0 Å². The fourth-order valence-corrected chi connectivity index (χ4v) is 1.77. The summed E-state index contributed by atoms with van der Waals surface area (Å²) < 4.78 is 10.0. The average molecular weight is 285 g/mol. The van der Waals surface area contributed by atoms with Crippen molar-refractivity contribution in [2.24, 2.45) is 0 Å². The monoisotopic (exact) mass is 285 g/mol. The summed E-state index contributed by atoms with van der Waals surface area (Å²) >= 11 is 0. The van der Waals surface area contributed by atoms with Crippen LogP contribution in [0.5, 0.6) is 5.75 Å². The van der Waals surface area contributed by atoms with Gasteiger partial charge in [0.15, 0.2) is 0 Å². The van der Waals surface area contributed by atoms with E-state index in [2.05, 4.69) is 10.1 Å². The van der Waals surface area contributed by atoms with Gasteiger partial charge < -0.3 is 14.8 Å². The maximum absolute atomic E-state index is 12.1. The fraction of sp³-hybridized carbons (Fsp3) is 0.125. The zero-order valence-corrected chi connectivity index (χ0v) is 11.8. The molecule has 0 radical (unpaired) electrons. The zero-order valence-electron chi connectivity index (χ0n) is 11.8. The van der Waals surface area contributed by atoms with Gasteiger partial charge in [0.25, 0.3) is 0 Å². The molecule has 0 aliphatic carbocycles. The summed E-state index contributed by atoms with van der Waals surface area (Å²) in [5.74, 6) is -0.940. The number of ether oxygens (including phenoxy) is 2. The summed E-state index contributed by atoms with van der Waals surface area (Å²) in [5.41, 5.74) is 1.32. The number of hydrogen-bond acceptors (Lipinski definition) is 5. The van der Waals surface area contributed by atoms with Crippen LogP contribution in [0.15, 0.2) is 48.5 Å². The van der Waals surface area contributed by atoms with E-state index in [4.69, 9.17) is 4.74 Å². The minimum atomic E-state index is -0.562. The molecule has 5 heteroatoms. The number of nitrogens with one attached hydrogen (secondary N) is 1. The van der Waals surface area contributed by atoms with Crippen LogP contribution >= 0.6 is 0 Å². The molecule has 2 rings (SSSR count). The molecule has 0 aromatic heterocycles. The molecule has 0 aliphatic heterocycles. The van der Waals surface area contributed by atoms with Gasteiger partial charge in [0.2, 0.25) is 0 Å². The standard InChI is InChI=1S/C16H15NO4/c1-17-12-8-9-13(16(19)20-2)14(10-12)21-15(18)11-6-4-3-5-7-11/h3-10,17H,1-2H3. The Balaban J connectivity index is 2.33. The number of rotatable bonds is 4. The van der Waals surface area contributed by atoms with Crippen molar-refractivity contribution in [3.05, 3.63) is 59.7 Å². The molecule has 0 saturated heterocycles. The van der Waals surface area contributed by atoms with Crippen molar-refractivity contribution in [1.29, 1.82) is 0 Å². The first-order valence-corrected chi connectivity index (χ1v) is 6.33. The highest BCUT2D eigenvalue weighted by atomic mass is 16.5. The van der Waals surface area contributed by atoms with Crippen molar-refractivity contribution in [1.82, 2.24) is 0 Å². The van der Waals surface area contributed by atoms with Gasteiger partial charge >= 0.3 is 11.9 Å². The highest BCUT2D eigenvalue weighted by Gasteiger charge is 2.17. The van der Waals surface area contributed by atoms with Crippen LogP contribution in [0.25, 0.3) is 0 Å². The lowest BCUT2D eigenvalue weighted by Gasteiger charge is -2.10. The minimum absolute atomic E-state index is 0.155. The van der Waals surface area contributed by atoms with Crippen molar-refractivity contribution < 1.29 is 19.1 Å². The number of esters is 2. The van der Waals surface area contributed by atoms with Crippen LogP contribution in [-0.4, -0.2) is 26.1 Å². The molecule has 1 N–H and O–H groups in total. The van der Waals surface area contributed by atoms with E-state index in [9.17, 15) is 9.59 Å². The third-order valence-electron chi connectivity index (χ3n) is 2.89. The Labute approximate surface area is 122 Å². The van der Waals surface area contributed by atoms with E-state index in [0.717, 1.165) is 5.69 Å². The molecule has 0 unspecified atom stereocenters. The average Bonchev–Trinajstić information content (AvgIpc) is 2.54. The van der Waals surface area contributed by atoms with Crippen molar-refractivity contribution >= 4 is 17.6 Å². The van der Waals surface area contributed by atoms with Gasteiger partial charge in [-0.1, -0.05) is 18.2 Å². The first-order valence-electron chi connectivity index (χ1n) is 6.33. The van der Waals surface area contributed by atoms with Crippen molar-refractivity contribution in [2.45, 2.75) is 0 Å². The van der Waals surface area contributed by atoms with Crippen LogP contribution in [0.3, 0.4) is 0 Å². The fourth-order valence-electron chi connectivity index (χ4n) is 1.77. The summed E-state index contributed by atoms with van der Waals surface area (Å²) in [4.78, 5) is 23.8. The largest absolute Gasteiger partial charge is 0.465 e. The van der Waals surface area contributed by atoms with E-state index in [-0.39, 0.29) is 11.3 Å². The van der Waals surface area contributed by atoms with Gasteiger partial charge in [0.05, 0.1) is 12.7 Å². The van der Waals surface area contributed by atoms with Gasteiger partial charge in [-0.25, -0.2) is 9.59 Å². The third-order valence-corrected chi connectivity index (χ3v) is 2.89. The van der Waals surface area contributed by atoms with E-state index in [0.29, 0.717) is 5.56 Å². The Hall–Kier alpha value is -2.82. The van der Waals surface area contributed by atoms with Crippen molar-refractivity contribution in [3.63, 3.8) is 0 Å². The molecule has 108 valence electrons. The minimum Gasteiger partial charge on any atom is -0.465 e. The van der Waals surface area contributed by atoms with Gasteiger partial charge in [-0.3, -0.25) is 0 Å². The van der Waals surface area contributed by atoms with Crippen LogP contribution in [0.1, 0.15) is 20.7 Å². The molecule has 0 atom stereocenters. The van der Waals surface area contributed by atoms with E-state index < -0.39 is 11.9 Å². The maximum Gasteiger partial charge on any atom is 0.343 e. The predicted octanol–water partition coefficient (Wildman–Crippen LogP) is 2.73. The zero-order chi connectivity index (χ0) is 15.2. The highest BCUT2D eigenvalue weighted by Crippen LogP contribution is 2.25. The number of carbonyl (C=O) groups is 2. The molecule has 0 aliphatic rings. The first kappa shape index (κ1) is 14.6. The van der Waals surface area contributed by atoms with E-state index in [1.165, 1.54) is 7.11 Å². The van der Waals surface area contributed by atoms with E-state index in [1.54, 1.807) is 55.6 Å². The Morgan fingerprint density at radius 3 is 2.33 bits per heavy atom. The number of benzene rings is 2. The van der Waals surface area contributed by atoms with Gasteiger partial charge in [0, 0.05) is 18.8 Å². The number of hydrogen-bond donors (Lipinski definition) is 1. The third kappa shape index (κ3) is 3.39. The van der Waals surface area contributed by atoms with Gasteiger partial charge in [-0.05, 0) is 24.3 Å². The lowest BCUT2D eigenvalue weighted by Crippen LogP contribution is -2.12. The Kier molecular flexibility index (Phi) is 4.56. The number of methoxy groups -OCH3 is 1. The Bertz CT molecular complexity index is 653. The second-order valence-electron chi connectivity index (χ2n) is 4.21. The lowest BCUT2D eigenvalue weighted by atomic mass is 10.1. The van der Waals surface area contributed by atoms with Crippen LogP contribution in [0.2, 0.25) is 0 Å². The van der Waals surface area contributed by atoms with Crippen LogP contribution in [-0.2, 0) is 4.74 Å². The van der Waals surface area contributed by atoms with Gasteiger partial charge in [-0.2, -0.15) is 0 Å². The van der Waals surface area contributed by atoms with E-state index >= 15 is 0 Å². The van der Waals surface area contributed by atoms with E-state index in [1.807, 2.05) is 0 Å². The second kappa shape index (κ2) is 6.56. The number of anilines is 1. The predicted molar refractivity (Wildman–Crippen MR) is 78.7 cm³/mol. The molecule has 2 aromatic rings. The molecule has 0 fully saturated rings. The SMILES string of the molecule is CNc1ccc(C(=O)OC)c(OC(=O)c2ccccc2)c1. The smallest absolute Gasteiger partial charge is 0.343 e. The Morgan fingerprint density at radius 1 is 1.00 bits per heavy atom. The summed E-state index contributed by atoms with van der Waals surface area (Å²) in [5, 5.41) is 2.92.